The van der Waals surface area contributed by atoms with Crippen LogP contribution >= 0.6 is 15.9 Å². The Morgan fingerprint density at radius 1 is 1.03 bits per heavy atom. The summed E-state index contributed by atoms with van der Waals surface area (Å²) in [5.74, 6) is 0.455. The van der Waals surface area contributed by atoms with Gasteiger partial charge >= 0.3 is 5.97 Å². The Bertz CT molecular complexity index is 1560. The number of aliphatic carboxylic acids is 1. The third-order valence-electron chi connectivity index (χ3n) is 6.24. The molecule has 0 aliphatic carbocycles. The first-order valence-corrected chi connectivity index (χ1v) is 14.1. The Hall–Kier alpha value is -3.34. The summed E-state index contributed by atoms with van der Waals surface area (Å²) in [5, 5.41) is 10.2. The first-order valence-electron chi connectivity index (χ1n) is 11.8. The summed E-state index contributed by atoms with van der Waals surface area (Å²) in [6, 6.07) is 16.2. The molecule has 0 bridgehead atoms. The topological polar surface area (TPSA) is 115 Å². The van der Waals surface area contributed by atoms with Crippen LogP contribution in [-0.2, 0) is 21.4 Å². The molecule has 8 nitrogen and oxygen atoms in total. The molecule has 0 spiro atoms. The van der Waals surface area contributed by atoms with Crippen LogP contribution < -0.4 is 14.2 Å². The summed E-state index contributed by atoms with van der Waals surface area (Å²) < 4.78 is 45.9. The molecule has 2 N–H and O–H groups in total. The number of benzene rings is 3. The molecule has 10 heteroatoms. The van der Waals surface area contributed by atoms with Crippen molar-refractivity contribution in [2.45, 2.75) is 38.3 Å². The van der Waals surface area contributed by atoms with Gasteiger partial charge in [0, 0.05) is 5.56 Å². The van der Waals surface area contributed by atoms with Gasteiger partial charge in [-0.3, -0.25) is 4.79 Å². The maximum atomic E-state index is 12.7. The molecule has 38 heavy (non-hydrogen) atoms. The van der Waals surface area contributed by atoms with Gasteiger partial charge in [-0.25, -0.2) is 8.42 Å². The highest BCUT2D eigenvalue weighted by Crippen LogP contribution is 2.38. The molecule has 0 saturated carbocycles. The van der Waals surface area contributed by atoms with E-state index in [-0.39, 0.29) is 11.5 Å². The Labute approximate surface area is 229 Å². The van der Waals surface area contributed by atoms with Crippen molar-refractivity contribution < 1.29 is 32.2 Å². The number of carboxylic acids is 1. The van der Waals surface area contributed by atoms with Crippen LogP contribution in [0.2, 0.25) is 0 Å². The fourth-order valence-corrected chi connectivity index (χ4v) is 5.92. The van der Waals surface area contributed by atoms with Crippen molar-refractivity contribution in [2.24, 2.45) is 5.92 Å². The maximum Gasteiger partial charge on any atom is 0.322 e. The van der Waals surface area contributed by atoms with Crippen molar-refractivity contribution in [1.82, 2.24) is 4.72 Å². The Balaban J connectivity index is 1.45. The molecule has 0 aliphatic heterocycles. The number of furan rings is 1. The lowest BCUT2D eigenvalue weighted by Crippen LogP contribution is -2.44. The van der Waals surface area contributed by atoms with Gasteiger partial charge in [0.05, 0.1) is 21.9 Å². The third-order valence-corrected chi connectivity index (χ3v) is 8.32. The predicted octanol–water partition coefficient (Wildman–Crippen LogP) is 6.15. The molecular weight excluding hydrogens is 574 g/mol. The van der Waals surface area contributed by atoms with Gasteiger partial charge in [0.2, 0.25) is 10.0 Å². The van der Waals surface area contributed by atoms with Crippen LogP contribution in [0.5, 0.6) is 11.5 Å². The summed E-state index contributed by atoms with van der Waals surface area (Å²) in [6.45, 7) is 5.50. The molecule has 0 amide bonds. The molecule has 0 saturated heterocycles. The van der Waals surface area contributed by atoms with Crippen molar-refractivity contribution in [3.05, 3.63) is 76.5 Å². The van der Waals surface area contributed by atoms with E-state index in [0.717, 1.165) is 37.9 Å². The van der Waals surface area contributed by atoms with Crippen LogP contribution in [0.3, 0.4) is 0 Å². The number of rotatable bonds is 10. The Kier molecular flexibility index (Phi) is 8.15. The molecule has 0 radical (unpaired) electrons. The van der Waals surface area contributed by atoms with Crippen molar-refractivity contribution >= 4 is 42.9 Å². The zero-order valence-corrected chi connectivity index (χ0v) is 23.7. The quantitative estimate of drug-likeness (QED) is 0.224. The SMILES string of the molecule is COc1c(Br)ccc2oc(COc3ccc(-c4ccc(S(=O)(=O)N[C@@H](C(=O)O)C(C)C)cc4)cc3)c(C)c12. The number of hydrogen-bond donors (Lipinski definition) is 2. The van der Waals surface area contributed by atoms with Crippen molar-refractivity contribution in [3.63, 3.8) is 0 Å². The van der Waals surface area contributed by atoms with E-state index in [2.05, 4.69) is 20.7 Å². The lowest BCUT2D eigenvalue weighted by molar-refractivity contribution is -0.140. The molecule has 200 valence electrons. The summed E-state index contributed by atoms with van der Waals surface area (Å²) in [6.07, 6.45) is 0. The fraction of sp³-hybridized carbons (Fsp3) is 0.250. The summed E-state index contributed by atoms with van der Waals surface area (Å²) in [7, 11) is -2.36. The first kappa shape index (κ1) is 27.7. The highest BCUT2D eigenvalue weighted by molar-refractivity contribution is 9.10. The minimum atomic E-state index is -3.98. The van der Waals surface area contributed by atoms with E-state index in [0.29, 0.717) is 11.5 Å². The number of ether oxygens (including phenoxy) is 2. The van der Waals surface area contributed by atoms with Crippen LogP contribution in [0.15, 0.2) is 74.4 Å². The summed E-state index contributed by atoms with van der Waals surface area (Å²) in [5.41, 5.74) is 3.34. The molecule has 1 atom stereocenters. The number of nitrogens with one attached hydrogen (secondary N) is 1. The number of carboxylic acid groups (broad SMARTS) is 1. The molecule has 0 unspecified atom stereocenters. The number of hydrogen-bond acceptors (Lipinski definition) is 6. The van der Waals surface area contributed by atoms with Crippen LogP contribution in [-0.4, -0.2) is 32.6 Å². The smallest absolute Gasteiger partial charge is 0.322 e. The minimum absolute atomic E-state index is 0.00188. The highest BCUT2D eigenvalue weighted by Gasteiger charge is 2.28. The van der Waals surface area contributed by atoms with Crippen LogP contribution in [0, 0.1) is 12.8 Å². The lowest BCUT2D eigenvalue weighted by atomic mass is 10.1. The summed E-state index contributed by atoms with van der Waals surface area (Å²) >= 11 is 3.50. The zero-order chi connectivity index (χ0) is 27.6. The lowest BCUT2D eigenvalue weighted by Gasteiger charge is -2.18. The number of aryl methyl sites for hydroxylation is 1. The first-order chi connectivity index (χ1) is 18.0. The molecular formula is C28H28BrNO7S. The van der Waals surface area contributed by atoms with Gasteiger partial charge in [0.25, 0.3) is 0 Å². The largest absolute Gasteiger partial charge is 0.495 e. The number of fused-ring (bicyclic) bond motifs is 1. The fourth-order valence-electron chi connectivity index (χ4n) is 4.09. The van der Waals surface area contributed by atoms with E-state index in [1.54, 1.807) is 33.1 Å². The Morgan fingerprint density at radius 2 is 1.63 bits per heavy atom. The van der Waals surface area contributed by atoms with E-state index in [1.807, 2.05) is 43.3 Å². The molecule has 3 aromatic carbocycles. The van der Waals surface area contributed by atoms with E-state index in [1.165, 1.54) is 12.1 Å². The number of sulfonamides is 1. The monoisotopic (exact) mass is 601 g/mol. The van der Waals surface area contributed by atoms with Gasteiger partial charge in [0.1, 0.15) is 35.5 Å². The van der Waals surface area contributed by atoms with E-state index in [4.69, 9.17) is 13.9 Å². The number of methoxy groups -OCH3 is 1. The van der Waals surface area contributed by atoms with Gasteiger partial charge < -0.3 is 19.0 Å². The van der Waals surface area contributed by atoms with Crippen LogP contribution in [0.4, 0.5) is 0 Å². The van der Waals surface area contributed by atoms with Gasteiger partial charge in [0.15, 0.2) is 0 Å². The van der Waals surface area contributed by atoms with E-state index < -0.39 is 28.0 Å². The van der Waals surface area contributed by atoms with Crippen LogP contribution in [0.1, 0.15) is 25.2 Å². The van der Waals surface area contributed by atoms with E-state index >= 15 is 0 Å². The molecule has 1 heterocycles. The molecule has 4 aromatic rings. The van der Waals surface area contributed by atoms with Crippen molar-refractivity contribution in [2.75, 3.05) is 7.11 Å². The van der Waals surface area contributed by atoms with E-state index in [9.17, 15) is 18.3 Å². The average molecular weight is 603 g/mol. The minimum Gasteiger partial charge on any atom is -0.495 e. The molecule has 0 aliphatic rings. The number of halogens is 1. The molecule has 0 fully saturated rings. The molecule has 1 aromatic heterocycles. The standard InChI is InChI=1S/C28H28BrNO7S/c1-16(2)26(28(31)32)30-38(33,34)21-11-7-19(8-12-21)18-5-9-20(10-6-18)36-15-24-17(3)25-23(37-24)14-13-22(29)27(25)35-4/h5-14,16,26,30H,15H2,1-4H3,(H,31,32)/t26-/m1/s1. The van der Waals surface area contributed by atoms with Crippen molar-refractivity contribution in [3.8, 4) is 22.6 Å². The second-order valence-corrected chi connectivity index (χ2v) is 11.7. The second kappa shape index (κ2) is 11.2. The number of carbonyl (C=O) groups is 1. The van der Waals surface area contributed by atoms with Gasteiger partial charge in [-0.1, -0.05) is 38.1 Å². The molecule has 4 rings (SSSR count). The van der Waals surface area contributed by atoms with Crippen molar-refractivity contribution in [1.29, 1.82) is 0 Å². The average Bonchev–Trinajstić information content (AvgIpc) is 3.21. The second-order valence-electron chi connectivity index (χ2n) is 9.12. The summed E-state index contributed by atoms with van der Waals surface area (Å²) in [4.78, 5) is 11.4. The maximum absolute atomic E-state index is 12.7. The zero-order valence-electron chi connectivity index (χ0n) is 21.3. The highest BCUT2D eigenvalue weighted by atomic mass is 79.9. The Morgan fingerprint density at radius 3 is 2.18 bits per heavy atom. The van der Waals surface area contributed by atoms with Gasteiger partial charge in [-0.2, -0.15) is 4.72 Å². The van der Waals surface area contributed by atoms with Gasteiger partial charge in [-0.15, -0.1) is 0 Å². The normalized spacial score (nSPS) is 12.6. The van der Waals surface area contributed by atoms with Crippen LogP contribution in [0.25, 0.3) is 22.1 Å². The predicted molar refractivity (Wildman–Crippen MR) is 148 cm³/mol. The van der Waals surface area contributed by atoms with Gasteiger partial charge in [-0.05, 0) is 76.3 Å². The third kappa shape index (κ3) is 5.72.